The van der Waals surface area contributed by atoms with Crippen molar-refractivity contribution in [2.45, 2.75) is 19.3 Å². The third-order valence-corrected chi connectivity index (χ3v) is 2.56. The third-order valence-electron chi connectivity index (χ3n) is 2.56. The molecular weight excluding hydrogens is 232 g/mol. The van der Waals surface area contributed by atoms with Gasteiger partial charge in [-0.15, -0.1) is 0 Å². The Bertz CT molecular complexity index is 378. The summed E-state index contributed by atoms with van der Waals surface area (Å²) in [7, 11) is 3.12. The van der Waals surface area contributed by atoms with E-state index in [4.69, 9.17) is 15.2 Å². The number of hydrogen-bond donors (Lipinski definition) is 2. The Morgan fingerprint density at radius 1 is 1.39 bits per heavy atom. The summed E-state index contributed by atoms with van der Waals surface area (Å²) >= 11 is 0. The SMILES string of the molecule is COCc1cccc(CNC(=O)C(CN)OC)c1. The van der Waals surface area contributed by atoms with Gasteiger partial charge in [0.15, 0.2) is 0 Å². The molecule has 0 heterocycles. The Balaban J connectivity index is 2.52. The molecule has 0 saturated carbocycles. The highest BCUT2D eigenvalue weighted by molar-refractivity contribution is 5.80. The maximum Gasteiger partial charge on any atom is 0.250 e. The maximum absolute atomic E-state index is 11.6. The summed E-state index contributed by atoms with van der Waals surface area (Å²) in [5, 5.41) is 2.79. The molecule has 0 aromatic heterocycles. The summed E-state index contributed by atoms with van der Waals surface area (Å²) < 4.78 is 10.0. The monoisotopic (exact) mass is 252 g/mol. The molecule has 0 bridgehead atoms. The van der Waals surface area contributed by atoms with Crippen LogP contribution in [0.15, 0.2) is 24.3 Å². The number of amides is 1. The van der Waals surface area contributed by atoms with Gasteiger partial charge in [-0.05, 0) is 11.1 Å². The zero-order valence-corrected chi connectivity index (χ0v) is 10.8. The predicted molar refractivity (Wildman–Crippen MR) is 68.9 cm³/mol. The molecule has 5 heteroatoms. The van der Waals surface area contributed by atoms with Crippen molar-refractivity contribution in [1.82, 2.24) is 5.32 Å². The zero-order chi connectivity index (χ0) is 13.4. The van der Waals surface area contributed by atoms with Gasteiger partial charge in [0.1, 0.15) is 6.10 Å². The Labute approximate surface area is 107 Å². The van der Waals surface area contributed by atoms with Crippen LogP contribution in [0.25, 0.3) is 0 Å². The lowest BCUT2D eigenvalue weighted by molar-refractivity contribution is -0.130. The van der Waals surface area contributed by atoms with Gasteiger partial charge in [0.25, 0.3) is 5.91 Å². The van der Waals surface area contributed by atoms with Crippen LogP contribution in [0.4, 0.5) is 0 Å². The minimum Gasteiger partial charge on any atom is -0.380 e. The van der Waals surface area contributed by atoms with Gasteiger partial charge in [0.05, 0.1) is 6.61 Å². The summed E-state index contributed by atoms with van der Waals surface area (Å²) in [5.41, 5.74) is 7.51. The highest BCUT2D eigenvalue weighted by Crippen LogP contribution is 2.06. The molecule has 1 rings (SSSR count). The Hall–Kier alpha value is -1.43. The summed E-state index contributed by atoms with van der Waals surface area (Å²) in [6.07, 6.45) is -0.591. The molecule has 0 saturated heterocycles. The van der Waals surface area contributed by atoms with E-state index in [0.717, 1.165) is 11.1 Å². The van der Waals surface area contributed by atoms with E-state index in [-0.39, 0.29) is 12.5 Å². The first-order valence-electron chi connectivity index (χ1n) is 5.78. The number of rotatable bonds is 7. The van der Waals surface area contributed by atoms with Gasteiger partial charge in [0, 0.05) is 27.3 Å². The van der Waals surface area contributed by atoms with Gasteiger partial charge in [-0.1, -0.05) is 24.3 Å². The summed E-state index contributed by atoms with van der Waals surface area (Å²) in [5.74, 6) is -0.197. The molecule has 0 aliphatic carbocycles. The van der Waals surface area contributed by atoms with Crippen LogP contribution in [0.3, 0.4) is 0 Å². The van der Waals surface area contributed by atoms with Crippen LogP contribution in [0.1, 0.15) is 11.1 Å². The summed E-state index contributed by atoms with van der Waals surface area (Å²) in [6.45, 7) is 1.19. The van der Waals surface area contributed by atoms with E-state index in [0.29, 0.717) is 13.2 Å². The van der Waals surface area contributed by atoms with Crippen molar-refractivity contribution in [2.24, 2.45) is 5.73 Å². The molecule has 0 spiro atoms. The van der Waals surface area contributed by atoms with Crippen LogP contribution >= 0.6 is 0 Å². The Morgan fingerprint density at radius 3 is 2.72 bits per heavy atom. The first-order valence-corrected chi connectivity index (χ1v) is 5.78. The number of benzene rings is 1. The zero-order valence-electron chi connectivity index (χ0n) is 10.8. The van der Waals surface area contributed by atoms with Crippen LogP contribution in [-0.2, 0) is 27.4 Å². The van der Waals surface area contributed by atoms with Crippen molar-refractivity contribution < 1.29 is 14.3 Å². The van der Waals surface area contributed by atoms with Gasteiger partial charge in [-0.3, -0.25) is 4.79 Å². The van der Waals surface area contributed by atoms with Gasteiger partial charge in [0.2, 0.25) is 0 Å². The second kappa shape index (κ2) is 7.81. The Morgan fingerprint density at radius 2 is 2.11 bits per heavy atom. The number of nitrogens with one attached hydrogen (secondary N) is 1. The van der Waals surface area contributed by atoms with Crippen LogP contribution in [0, 0.1) is 0 Å². The minimum absolute atomic E-state index is 0.173. The predicted octanol–water partition coefficient (Wildman–Crippen LogP) is 0.423. The van der Waals surface area contributed by atoms with Gasteiger partial charge in [-0.2, -0.15) is 0 Å². The molecule has 0 fully saturated rings. The van der Waals surface area contributed by atoms with E-state index >= 15 is 0 Å². The second-order valence-electron chi connectivity index (χ2n) is 3.93. The van der Waals surface area contributed by atoms with E-state index in [1.807, 2.05) is 24.3 Å². The molecule has 1 aromatic carbocycles. The van der Waals surface area contributed by atoms with Gasteiger partial charge < -0.3 is 20.5 Å². The van der Waals surface area contributed by atoms with E-state index in [2.05, 4.69) is 5.32 Å². The van der Waals surface area contributed by atoms with Crippen molar-refractivity contribution in [3.63, 3.8) is 0 Å². The molecular formula is C13H20N2O3. The standard InChI is InChI=1S/C13H20N2O3/c1-17-9-11-5-3-4-10(6-11)8-15-13(16)12(7-14)18-2/h3-6,12H,7-9,14H2,1-2H3,(H,15,16). The number of hydrogen-bond acceptors (Lipinski definition) is 4. The van der Waals surface area contributed by atoms with E-state index < -0.39 is 6.10 Å². The molecule has 1 aromatic rings. The van der Waals surface area contributed by atoms with Crippen LogP contribution in [0.2, 0.25) is 0 Å². The third kappa shape index (κ3) is 4.44. The van der Waals surface area contributed by atoms with Gasteiger partial charge in [-0.25, -0.2) is 0 Å². The van der Waals surface area contributed by atoms with Crippen molar-refractivity contribution in [1.29, 1.82) is 0 Å². The van der Waals surface area contributed by atoms with E-state index in [1.54, 1.807) is 7.11 Å². The average molecular weight is 252 g/mol. The first kappa shape index (κ1) is 14.6. The minimum atomic E-state index is -0.591. The maximum atomic E-state index is 11.6. The quantitative estimate of drug-likeness (QED) is 0.737. The number of carbonyl (C=O) groups excluding carboxylic acids is 1. The highest BCUT2D eigenvalue weighted by Gasteiger charge is 2.14. The molecule has 5 nitrogen and oxygen atoms in total. The topological polar surface area (TPSA) is 73.6 Å². The number of nitrogens with two attached hydrogens (primary N) is 1. The largest absolute Gasteiger partial charge is 0.380 e. The van der Waals surface area contributed by atoms with E-state index in [1.165, 1.54) is 7.11 Å². The molecule has 1 amide bonds. The fourth-order valence-corrected chi connectivity index (χ4v) is 1.61. The molecule has 18 heavy (non-hydrogen) atoms. The number of carbonyl (C=O) groups is 1. The molecule has 0 aliphatic heterocycles. The molecule has 100 valence electrons. The number of methoxy groups -OCH3 is 2. The summed E-state index contributed by atoms with van der Waals surface area (Å²) in [6, 6.07) is 7.86. The molecule has 1 unspecified atom stereocenters. The van der Waals surface area contributed by atoms with Crippen LogP contribution in [0.5, 0.6) is 0 Å². The van der Waals surface area contributed by atoms with Crippen molar-refractivity contribution >= 4 is 5.91 Å². The lowest BCUT2D eigenvalue weighted by Crippen LogP contribution is -2.40. The van der Waals surface area contributed by atoms with Crippen LogP contribution < -0.4 is 11.1 Å². The first-order chi connectivity index (χ1) is 8.71. The van der Waals surface area contributed by atoms with Crippen molar-refractivity contribution in [3.05, 3.63) is 35.4 Å². The average Bonchev–Trinajstić information content (AvgIpc) is 2.39. The molecule has 0 radical (unpaired) electrons. The second-order valence-corrected chi connectivity index (χ2v) is 3.93. The Kier molecular flexibility index (Phi) is 6.35. The van der Waals surface area contributed by atoms with Crippen LogP contribution in [-0.4, -0.2) is 32.8 Å². The van der Waals surface area contributed by atoms with Crippen molar-refractivity contribution in [3.8, 4) is 0 Å². The molecule has 3 N–H and O–H groups in total. The fourth-order valence-electron chi connectivity index (χ4n) is 1.61. The lowest BCUT2D eigenvalue weighted by atomic mass is 10.1. The van der Waals surface area contributed by atoms with Gasteiger partial charge >= 0.3 is 0 Å². The van der Waals surface area contributed by atoms with Crippen molar-refractivity contribution in [2.75, 3.05) is 20.8 Å². The smallest absolute Gasteiger partial charge is 0.250 e. The summed E-state index contributed by atoms with van der Waals surface area (Å²) in [4.78, 5) is 11.6. The lowest BCUT2D eigenvalue weighted by Gasteiger charge is -2.13. The fraction of sp³-hybridized carbons (Fsp3) is 0.462. The normalized spacial score (nSPS) is 12.2. The number of ether oxygens (including phenoxy) is 2. The van der Waals surface area contributed by atoms with E-state index in [9.17, 15) is 4.79 Å². The molecule has 1 atom stereocenters. The highest BCUT2D eigenvalue weighted by atomic mass is 16.5. The molecule has 0 aliphatic rings.